The number of carbonyl (C=O) groups excluding carboxylic acids is 1. The van der Waals surface area contributed by atoms with Crippen LogP contribution in [0.15, 0.2) is 60.7 Å². The first-order valence-corrected chi connectivity index (χ1v) is 9.78. The van der Waals surface area contributed by atoms with Gasteiger partial charge in [-0.15, -0.1) is 0 Å². The van der Waals surface area contributed by atoms with Crippen LogP contribution in [0.5, 0.6) is 5.75 Å². The SMILES string of the molecule is COc1cccc(NC(=O)[C@H](C)N2CCN(C/C=C/c3ccccc3)CC2)c1. The van der Waals surface area contributed by atoms with Gasteiger partial charge in [0.25, 0.3) is 0 Å². The second-order valence-electron chi connectivity index (χ2n) is 7.05. The van der Waals surface area contributed by atoms with Crippen LogP contribution in [-0.2, 0) is 4.79 Å². The Labute approximate surface area is 167 Å². The molecule has 1 amide bonds. The molecule has 0 bridgehead atoms. The minimum atomic E-state index is -0.159. The Morgan fingerprint density at radius 2 is 1.86 bits per heavy atom. The van der Waals surface area contributed by atoms with Crippen molar-refractivity contribution in [1.82, 2.24) is 9.80 Å². The van der Waals surface area contributed by atoms with Gasteiger partial charge < -0.3 is 10.1 Å². The van der Waals surface area contributed by atoms with Gasteiger partial charge >= 0.3 is 0 Å². The molecular weight excluding hydrogens is 350 g/mol. The quantitative estimate of drug-likeness (QED) is 0.801. The highest BCUT2D eigenvalue weighted by molar-refractivity contribution is 5.94. The Morgan fingerprint density at radius 1 is 1.11 bits per heavy atom. The summed E-state index contributed by atoms with van der Waals surface area (Å²) in [5, 5.41) is 2.99. The van der Waals surface area contributed by atoms with E-state index in [1.165, 1.54) is 5.56 Å². The molecule has 0 aliphatic carbocycles. The molecular formula is C23H29N3O2. The predicted molar refractivity (Wildman–Crippen MR) is 115 cm³/mol. The zero-order chi connectivity index (χ0) is 19.8. The molecule has 0 spiro atoms. The third-order valence-corrected chi connectivity index (χ3v) is 5.14. The maximum Gasteiger partial charge on any atom is 0.241 e. The van der Waals surface area contributed by atoms with Crippen LogP contribution in [0.25, 0.3) is 6.08 Å². The molecule has 0 radical (unpaired) electrons. The van der Waals surface area contributed by atoms with Gasteiger partial charge in [0, 0.05) is 44.5 Å². The van der Waals surface area contributed by atoms with E-state index < -0.39 is 0 Å². The molecule has 3 rings (SSSR count). The van der Waals surface area contributed by atoms with Crippen molar-refractivity contribution in [1.29, 1.82) is 0 Å². The number of ether oxygens (including phenoxy) is 1. The van der Waals surface area contributed by atoms with E-state index in [1.54, 1.807) is 7.11 Å². The molecule has 0 aromatic heterocycles. The Hall–Kier alpha value is -2.63. The fourth-order valence-electron chi connectivity index (χ4n) is 3.35. The summed E-state index contributed by atoms with van der Waals surface area (Å²) >= 11 is 0. The zero-order valence-electron chi connectivity index (χ0n) is 16.7. The molecule has 148 valence electrons. The molecule has 2 aromatic rings. The summed E-state index contributed by atoms with van der Waals surface area (Å²) in [6, 6.07) is 17.6. The molecule has 0 saturated carbocycles. The smallest absolute Gasteiger partial charge is 0.241 e. The van der Waals surface area contributed by atoms with Gasteiger partial charge in [-0.2, -0.15) is 0 Å². The lowest BCUT2D eigenvalue weighted by atomic mass is 10.2. The lowest BCUT2D eigenvalue weighted by Crippen LogP contribution is -2.52. The number of anilines is 1. The van der Waals surface area contributed by atoms with Crippen molar-refractivity contribution in [3.63, 3.8) is 0 Å². The first kappa shape index (κ1) is 20.1. The first-order valence-electron chi connectivity index (χ1n) is 9.78. The first-order chi connectivity index (χ1) is 13.7. The van der Waals surface area contributed by atoms with Crippen molar-refractivity contribution in [2.75, 3.05) is 45.2 Å². The summed E-state index contributed by atoms with van der Waals surface area (Å²) in [7, 11) is 1.62. The number of amides is 1. The number of nitrogens with zero attached hydrogens (tertiary/aromatic N) is 2. The summed E-state index contributed by atoms with van der Waals surface area (Å²) in [6.07, 6.45) is 4.38. The van der Waals surface area contributed by atoms with E-state index in [0.717, 1.165) is 44.2 Å². The van der Waals surface area contributed by atoms with Gasteiger partial charge in [-0.25, -0.2) is 0 Å². The molecule has 1 saturated heterocycles. The largest absolute Gasteiger partial charge is 0.497 e. The van der Waals surface area contributed by atoms with E-state index in [9.17, 15) is 4.79 Å². The van der Waals surface area contributed by atoms with Crippen LogP contribution in [0, 0.1) is 0 Å². The van der Waals surface area contributed by atoms with Gasteiger partial charge in [0.1, 0.15) is 5.75 Å². The minimum absolute atomic E-state index is 0.0191. The van der Waals surface area contributed by atoms with Crippen molar-refractivity contribution >= 4 is 17.7 Å². The van der Waals surface area contributed by atoms with Crippen LogP contribution in [0.4, 0.5) is 5.69 Å². The van der Waals surface area contributed by atoms with Gasteiger partial charge in [0.05, 0.1) is 13.2 Å². The van der Waals surface area contributed by atoms with E-state index in [0.29, 0.717) is 0 Å². The standard InChI is InChI=1S/C23H29N3O2/c1-19(23(27)24-21-11-6-12-22(18-21)28-2)26-16-14-25(15-17-26)13-7-10-20-8-4-3-5-9-20/h3-12,18-19H,13-17H2,1-2H3,(H,24,27)/b10-7+/t19-/m0/s1. The molecule has 5 heteroatoms. The highest BCUT2D eigenvalue weighted by atomic mass is 16.5. The van der Waals surface area contributed by atoms with Crippen LogP contribution < -0.4 is 10.1 Å². The number of rotatable bonds is 7. The number of hydrogen-bond donors (Lipinski definition) is 1. The number of nitrogens with one attached hydrogen (secondary N) is 1. The normalized spacial score (nSPS) is 16.8. The van der Waals surface area contributed by atoms with Crippen LogP contribution in [0.3, 0.4) is 0 Å². The van der Waals surface area contributed by atoms with Gasteiger partial charge in [0.2, 0.25) is 5.91 Å². The average Bonchev–Trinajstić information content (AvgIpc) is 2.74. The van der Waals surface area contributed by atoms with Crippen molar-refractivity contribution in [2.45, 2.75) is 13.0 Å². The third kappa shape index (κ3) is 5.68. The molecule has 1 heterocycles. The average molecular weight is 380 g/mol. The summed E-state index contributed by atoms with van der Waals surface area (Å²) in [4.78, 5) is 17.3. The maximum atomic E-state index is 12.6. The molecule has 1 aliphatic heterocycles. The topological polar surface area (TPSA) is 44.8 Å². The predicted octanol–water partition coefficient (Wildman–Crippen LogP) is 3.35. The van der Waals surface area contributed by atoms with Gasteiger partial charge in [-0.3, -0.25) is 14.6 Å². The van der Waals surface area contributed by atoms with Crippen molar-refractivity contribution in [3.05, 3.63) is 66.2 Å². The minimum Gasteiger partial charge on any atom is -0.497 e. The highest BCUT2D eigenvalue weighted by Gasteiger charge is 2.25. The molecule has 1 N–H and O–H groups in total. The van der Waals surface area contributed by atoms with Gasteiger partial charge in [-0.1, -0.05) is 48.6 Å². The lowest BCUT2D eigenvalue weighted by Gasteiger charge is -2.37. The number of carbonyl (C=O) groups is 1. The van der Waals surface area contributed by atoms with E-state index in [4.69, 9.17) is 4.74 Å². The number of benzene rings is 2. The summed E-state index contributed by atoms with van der Waals surface area (Å²) in [5.41, 5.74) is 1.99. The fraction of sp³-hybridized carbons (Fsp3) is 0.348. The highest BCUT2D eigenvalue weighted by Crippen LogP contribution is 2.17. The van der Waals surface area contributed by atoms with E-state index in [1.807, 2.05) is 37.3 Å². The molecule has 0 unspecified atom stereocenters. The van der Waals surface area contributed by atoms with E-state index >= 15 is 0 Å². The lowest BCUT2D eigenvalue weighted by molar-refractivity contribution is -0.121. The number of methoxy groups -OCH3 is 1. The molecule has 2 aromatic carbocycles. The van der Waals surface area contributed by atoms with Gasteiger partial charge in [-0.05, 0) is 24.6 Å². The van der Waals surface area contributed by atoms with Gasteiger partial charge in [0.15, 0.2) is 0 Å². The van der Waals surface area contributed by atoms with E-state index in [-0.39, 0.29) is 11.9 Å². The monoisotopic (exact) mass is 379 g/mol. The van der Waals surface area contributed by atoms with Crippen LogP contribution >= 0.6 is 0 Å². The Balaban J connectivity index is 1.44. The zero-order valence-corrected chi connectivity index (χ0v) is 16.7. The van der Waals surface area contributed by atoms with E-state index in [2.05, 4.69) is 51.5 Å². The fourth-order valence-corrected chi connectivity index (χ4v) is 3.35. The second kappa shape index (κ2) is 10.1. The van der Waals surface area contributed by atoms with Crippen molar-refractivity contribution < 1.29 is 9.53 Å². The maximum absolute atomic E-state index is 12.6. The number of piperazine rings is 1. The number of hydrogen-bond acceptors (Lipinski definition) is 4. The Bertz CT molecular complexity index is 783. The van der Waals surface area contributed by atoms with Crippen molar-refractivity contribution in [3.8, 4) is 5.75 Å². The molecule has 5 nitrogen and oxygen atoms in total. The van der Waals surface area contributed by atoms with Crippen LogP contribution in [0.2, 0.25) is 0 Å². The Morgan fingerprint density at radius 3 is 2.57 bits per heavy atom. The third-order valence-electron chi connectivity index (χ3n) is 5.14. The summed E-state index contributed by atoms with van der Waals surface area (Å²) in [5.74, 6) is 0.758. The van der Waals surface area contributed by atoms with Crippen LogP contribution in [-0.4, -0.2) is 61.6 Å². The molecule has 1 fully saturated rings. The van der Waals surface area contributed by atoms with Crippen LogP contribution in [0.1, 0.15) is 12.5 Å². The molecule has 1 aliphatic rings. The Kier molecular flexibility index (Phi) is 7.23. The van der Waals surface area contributed by atoms with Crippen molar-refractivity contribution in [2.24, 2.45) is 0 Å². The summed E-state index contributed by atoms with van der Waals surface area (Å²) < 4.78 is 5.21. The molecule has 28 heavy (non-hydrogen) atoms. The second-order valence-corrected chi connectivity index (χ2v) is 7.05. The molecule has 1 atom stereocenters. The summed E-state index contributed by atoms with van der Waals surface area (Å²) in [6.45, 7) is 6.64.